The van der Waals surface area contributed by atoms with E-state index in [2.05, 4.69) is 5.32 Å². The molecule has 6 rings (SSSR count). The summed E-state index contributed by atoms with van der Waals surface area (Å²) in [5, 5.41) is 3.51. The highest BCUT2D eigenvalue weighted by Gasteiger charge is 2.57. The topological polar surface area (TPSA) is 163 Å². The first kappa shape index (κ1) is 32.0. The summed E-state index contributed by atoms with van der Waals surface area (Å²) in [4.78, 5) is 62.8. The van der Waals surface area contributed by atoms with Crippen LogP contribution in [0.25, 0.3) is 22.3 Å². The molecule has 3 aromatic rings. The number of ether oxygens (including phenoxy) is 3. The maximum Gasteiger partial charge on any atom is 0.321 e. The zero-order valence-corrected chi connectivity index (χ0v) is 26.7. The van der Waals surface area contributed by atoms with Crippen LogP contribution in [-0.2, 0) is 14.4 Å². The third kappa shape index (κ3) is 6.24. The number of benzene rings is 2. The fourth-order valence-electron chi connectivity index (χ4n) is 6.71. The molecule has 12 heteroatoms. The van der Waals surface area contributed by atoms with Crippen LogP contribution in [0, 0.1) is 24.7 Å². The second kappa shape index (κ2) is 13.0. The third-order valence-electron chi connectivity index (χ3n) is 9.50. The summed E-state index contributed by atoms with van der Waals surface area (Å²) in [5.41, 5.74) is 6.69. The summed E-state index contributed by atoms with van der Waals surface area (Å²) in [5.74, 6) is -0.881. The van der Waals surface area contributed by atoms with E-state index >= 15 is 0 Å². The average Bonchev–Trinajstić information content (AvgIpc) is 3.58. The number of primary amides is 1. The smallest absolute Gasteiger partial charge is 0.321 e. The molecule has 4 amide bonds. The van der Waals surface area contributed by atoms with Gasteiger partial charge in [-0.25, -0.2) is 9.78 Å². The van der Waals surface area contributed by atoms with E-state index in [0.29, 0.717) is 47.5 Å². The van der Waals surface area contributed by atoms with E-state index in [1.165, 1.54) is 0 Å². The maximum atomic E-state index is 13.9. The van der Waals surface area contributed by atoms with Gasteiger partial charge < -0.3 is 25.3 Å². The minimum absolute atomic E-state index is 0.139. The number of nitrogens with two attached hydrogens (primary N) is 1. The predicted octanol–water partition coefficient (Wildman–Crippen LogP) is 4.03. The van der Waals surface area contributed by atoms with Gasteiger partial charge in [0.25, 0.3) is 0 Å². The van der Waals surface area contributed by atoms with Crippen molar-refractivity contribution in [3.63, 3.8) is 0 Å². The summed E-state index contributed by atoms with van der Waals surface area (Å²) in [7, 11) is 3.18. The van der Waals surface area contributed by atoms with Gasteiger partial charge >= 0.3 is 6.03 Å². The Bertz CT molecular complexity index is 1740. The monoisotopic (exact) mass is 640 g/mol. The molecule has 2 aromatic carbocycles. The Kier molecular flexibility index (Phi) is 8.85. The number of aryl methyl sites for hydroxylation is 1. The van der Waals surface area contributed by atoms with Crippen LogP contribution in [0.5, 0.6) is 17.4 Å². The number of methoxy groups -OCH3 is 2. The molecule has 2 heterocycles. The summed E-state index contributed by atoms with van der Waals surface area (Å²) < 4.78 is 17.4. The Morgan fingerprint density at radius 2 is 1.81 bits per heavy atom. The minimum Gasteiger partial charge on any atom is -0.497 e. The molecule has 47 heavy (non-hydrogen) atoms. The van der Waals surface area contributed by atoms with E-state index in [-0.39, 0.29) is 31.2 Å². The molecular weight excluding hydrogens is 602 g/mol. The number of imide groups is 1. The van der Waals surface area contributed by atoms with Gasteiger partial charge in [-0.3, -0.25) is 19.3 Å². The van der Waals surface area contributed by atoms with E-state index in [1.54, 1.807) is 14.2 Å². The van der Waals surface area contributed by atoms with Gasteiger partial charge in [0, 0.05) is 23.6 Å². The number of hydrogen-bond donors (Lipinski definition) is 2. The largest absolute Gasteiger partial charge is 0.497 e. The SMILES string of the molecule is COc1ccc(-c2nc(OC3CC4C(=O)NC5([C]=O)CC5/C=C/CCCCN(C(N)=O)C(=O)C4C3)c3ccc(OC)c(C)c3n2)cc1. The number of urea groups is 1. The Balaban J connectivity index is 1.36. The van der Waals surface area contributed by atoms with Crippen molar-refractivity contribution in [1.29, 1.82) is 0 Å². The number of hydrogen-bond acceptors (Lipinski definition) is 9. The number of fused-ring (bicyclic) bond motifs is 3. The first-order valence-electron chi connectivity index (χ1n) is 15.8. The van der Waals surface area contributed by atoms with Gasteiger partial charge in [0.1, 0.15) is 23.1 Å². The van der Waals surface area contributed by atoms with E-state index in [0.717, 1.165) is 22.4 Å². The summed E-state index contributed by atoms with van der Waals surface area (Å²) in [6.45, 7) is 2.05. The summed E-state index contributed by atoms with van der Waals surface area (Å²) >= 11 is 0. The number of allylic oxidation sites excluding steroid dienone is 1. The number of carbonyl (C=O) groups is 3. The molecule has 0 saturated heterocycles. The Morgan fingerprint density at radius 1 is 1.04 bits per heavy atom. The number of rotatable bonds is 6. The molecule has 2 aliphatic carbocycles. The van der Waals surface area contributed by atoms with Gasteiger partial charge in [0.2, 0.25) is 24.0 Å². The first-order chi connectivity index (χ1) is 22.7. The molecule has 5 atom stereocenters. The zero-order chi connectivity index (χ0) is 33.3. The van der Waals surface area contributed by atoms with Crippen LogP contribution in [-0.4, -0.2) is 71.4 Å². The average molecular weight is 641 g/mol. The maximum absolute atomic E-state index is 13.9. The molecular formula is C35H38N5O7. The fraction of sp³-hybridized carbons (Fsp3) is 0.429. The van der Waals surface area contributed by atoms with Crippen molar-refractivity contribution in [2.75, 3.05) is 20.8 Å². The standard InChI is InChI=1S/C35H38N5O7/c1-20-28(46-3)14-13-25-29(20)37-30(21-9-11-23(45-2)12-10-21)38-32(25)47-24-16-26-27(17-24)33(43)40(34(36)44)15-7-5-4-6-8-22-18-35(22,19-41)39-31(26)42/h6,8-14,22,24,26-27H,4-5,7,15-18H2,1-3H3,(H2,36,44)(H,39,42)/b8-6+. The number of carbonyl (C=O) groups excluding carboxylic acids is 4. The summed E-state index contributed by atoms with van der Waals surface area (Å²) in [6, 6.07) is 10.1. The summed E-state index contributed by atoms with van der Waals surface area (Å²) in [6.07, 6.45) is 8.03. The molecule has 2 saturated carbocycles. The first-order valence-corrected chi connectivity index (χ1v) is 15.8. The highest BCUT2D eigenvalue weighted by atomic mass is 16.5. The lowest BCUT2D eigenvalue weighted by molar-refractivity contribution is -0.138. The van der Waals surface area contributed by atoms with Crippen molar-refractivity contribution in [2.45, 2.75) is 57.1 Å². The van der Waals surface area contributed by atoms with Gasteiger partial charge in [-0.2, -0.15) is 4.98 Å². The van der Waals surface area contributed by atoms with Crippen LogP contribution < -0.4 is 25.3 Å². The van der Waals surface area contributed by atoms with Crippen LogP contribution in [0.2, 0.25) is 0 Å². The van der Waals surface area contributed by atoms with Crippen molar-refractivity contribution < 1.29 is 33.4 Å². The van der Waals surface area contributed by atoms with E-state index in [9.17, 15) is 19.2 Å². The number of aromatic nitrogens is 2. The molecule has 5 unspecified atom stereocenters. The van der Waals surface area contributed by atoms with Crippen molar-refractivity contribution in [2.24, 2.45) is 23.5 Å². The van der Waals surface area contributed by atoms with Crippen molar-refractivity contribution in [3.8, 4) is 28.8 Å². The van der Waals surface area contributed by atoms with Gasteiger partial charge in [-0.15, -0.1) is 0 Å². The lowest BCUT2D eigenvalue weighted by Gasteiger charge is -2.26. The van der Waals surface area contributed by atoms with Crippen LogP contribution in [0.1, 0.15) is 44.1 Å². The molecule has 1 aromatic heterocycles. The molecule has 3 aliphatic rings. The highest BCUT2D eigenvalue weighted by molar-refractivity contribution is 5.98. The van der Waals surface area contributed by atoms with Crippen LogP contribution in [0.4, 0.5) is 4.79 Å². The van der Waals surface area contributed by atoms with Crippen LogP contribution in [0.15, 0.2) is 48.6 Å². The zero-order valence-electron chi connectivity index (χ0n) is 26.7. The quantitative estimate of drug-likeness (QED) is 0.379. The molecule has 1 radical (unpaired) electrons. The van der Waals surface area contributed by atoms with Crippen LogP contribution in [0.3, 0.4) is 0 Å². The molecule has 1 aliphatic heterocycles. The Morgan fingerprint density at radius 3 is 2.51 bits per heavy atom. The third-order valence-corrected chi connectivity index (χ3v) is 9.50. The van der Waals surface area contributed by atoms with Crippen LogP contribution >= 0.6 is 0 Å². The van der Waals surface area contributed by atoms with Gasteiger partial charge in [0.05, 0.1) is 37.0 Å². The lowest BCUT2D eigenvalue weighted by Crippen LogP contribution is -2.49. The molecule has 2 fully saturated rings. The molecule has 3 N–H and O–H groups in total. The number of nitrogens with one attached hydrogen (secondary N) is 1. The second-order valence-corrected chi connectivity index (χ2v) is 12.4. The van der Waals surface area contributed by atoms with E-state index in [1.807, 2.05) is 61.8 Å². The number of amides is 4. The normalized spacial score (nSPS) is 26.7. The second-order valence-electron chi connectivity index (χ2n) is 12.4. The van der Waals surface area contributed by atoms with E-state index < -0.39 is 41.3 Å². The van der Waals surface area contributed by atoms with Gasteiger partial charge in [-0.1, -0.05) is 12.2 Å². The molecule has 0 bridgehead atoms. The Labute approximate surface area is 272 Å². The fourth-order valence-corrected chi connectivity index (χ4v) is 6.71. The van der Waals surface area contributed by atoms with Gasteiger partial charge in [0.15, 0.2) is 5.82 Å². The van der Waals surface area contributed by atoms with E-state index in [4.69, 9.17) is 29.9 Å². The highest BCUT2D eigenvalue weighted by Crippen LogP contribution is 2.45. The number of nitrogens with zero attached hydrogens (tertiary/aromatic N) is 3. The minimum atomic E-state index is -1.12. The van der Waals surface area contributed by atoms with Crippen molar-refractivity contribution in [3.05, 3.63) is 54.1 Å². The van der Waals surface area contributed by atoms with Crippen molar-refractivity contribution >= 4 is 35.0 Å². The Hall–Kier alpha value is -5.00. The van der Waals surface area contributed by atoms with Gasteiger partial charge in [-0.05, 0) is 81.8 Å². The van der Waals surface area contributed by atoms with Crippen molar-refractivity contribution in [1.82, 2.24) is 20.2 Å². The predicted molar refractivity (Wildman–Crippen MR) is 172 cm³/mol. The molecule has 245 valence electrons. The molecule has 0 spiro atoms. The molecule has 12 nitrogen and oxygen atoms in total. The lowest BCUT2D eigenvalue weighted by atomic mass is 9.93.